The highest BCUT2D eigenvalue weighted by Gasteiger charge is 2.29. The first-order valence-electron chi connectivity index (χ1n) is 15.3. The molecule has 0 bridgehead atoms. The fraction of sp³-hybridized carbons (Fsp3) is 0.343. The number of benzene rings is 2. The Balaban J connectivity index is 1.42. The van der Waals surface area contributed by atoms with Gasteiger partial charge in [-0.05, 0) is 72.4 Å². The van der Waals surface area contributed by atoms with Crippen LogP contribution < -0.4 is 0 Å². The molecular formula is C35H36N4O4. The van der Waals surface area contributed by atoms with Gasteiger partial charge in [-0.2, -0.15) is 0 Å². The summed E-state index contributed by atoms with van der Waals surface area (Å²) in [6.45, 7) is 2.33. The van der Waals surface area contributed by atoms with Crippen LogP contribution in [0.2, 0.25) is 0 Å². The van der Waals surface area contributed by atoms with Crippen molar-refractivity contribution in [1.29, 1.82) is 0 Å². The number of carboxylic acids is 1. The lowest BCUT2D eigenvalue weighted by Gasteiger charge is -2.28. The van der Waals surface area contributed by atoms with E-state index < -0.39 is 5.97 Å². The van der Waals surface area contributed by atoms with E-state index in [9.17, 15) is 14.7 Å². The highest BCUT2D eigenvalue weighted by molar-refractivity contribution is 6.00. The number of nitrogens with zero attached hydrogens (tertiary/aromatic N) is 4. The van der Waals surface area contributed by atoms with Crippen LogP contribution in [0.4, 0.5) is 0 Å². The van der Waals surface area contributed by atoms with Gasteiger partial charge in [-0.1, -0.05) is 37.5 Å². The van der Waals surface area contributed by atoms with E-state index in [1.54, 1.807) is 12.1 Å². The van der Waals surface area contributed by atoms with Crippen molar-refractivity contribution < 1.29 is 19.4 Å². The van der Waals surface area contributed by atoms with Crippen molar-refractivity contribution in [1.82, 2.24) is 19.0 Å². The van der Waals surface area contributed by atoms with Crippen molar-refractivity contribution >= 4 is 33.7 Å². The number of hydrogen-bond acceptors (Lipinski definition) is 4. The van der Waals surface area contributed by atoms with Gasteiger partial charge in [-0.25, -0.2) is 9.78 Å². The van der Waals surface area contributed by atoms with Gasteiger partial charge in [-0.3, -0.25) is 4.79 Å². The zero-order valence-corrected chi connectivity index (χ0v) is 24.5. The molecule has 2 fully saturated rings. The highest BCUT2D eigenvalue weighted by atomic mass is 16.5. The zero-order valence-electron chi connectivity index (χ0n) is 24.5. The number of amides is 1. The molecule has 43 heavy (non-hydrogen) atoms. The van der Waals surface area contributed by atoms with Gasteiger partial charge in [0.15, 0.2) is 0 Å². The fourth-order valence-electron chi connectivity index (χ4n) is 6.98. The molecule has 0 unspecified atom stereocenters. The summed E-state index contributed by atoms with van der Waals surface area (Å²) in [6, 6.07) is 20.0. The summed E-state index contributed by atoms with van der Waals surface area (Å²) < 4.78 is 9.64. The summed E-state index contributed by atoms with van der Waals surface area (Å²) in [5, 5.41) is 11.9. The van der Waals surface area contributed by atoms with Crippen LogP contribution in [-0.2, 0) is 23.1 Å². The third-order valence-electron chi connectivity index (χ3n) is 9.19. The molecule has 1 aliphatic heterocycles. The Hall–Kier alpha value is -4.43. The van der Waals surface area contributed by atoms with Crippen LogP contribution in [0.1, 0.15) is 53.9 Å². The van der Waals surface area contributed by atoms with E-state index in [1.807, 2.05) is 30.3 Å². The Morgan fingerprint density at radius 1 is 0.977 bits per heavy atom. The smallest absolute Gasteiger partial charge is 0.335 e. The van der Waals surface area contributed by atoms with Gasteiger partial charge >= 0.3 is 5.97 Å². The van der Waals surface area contributed by atoms with Crippen LogP contribution in [0.3, 0.4) is 0 Å². The Bertz CT molecular complexity index is 1840. The number of carbonyl (C=O) groups is 2. The first-order chi connectivity index (χ1) is 21.0. The molecule has 0 radical (unpaired) electrons. The molecule has 1 saturated heterocycles. The number of fused-ring (bicyclic) bond motifs is 2. The van der Waals surface area contributed by atoms with E-state index in [4.69, 9.17) is 9.72 Å². The molecule has 1 saturated carbocycles. The molecule has 8 heteroatoms. The number of aromatic carboxylic acids is 1. The van der Waals surface area contributed by atoms with Crippen LogP contribution in [0.15, 0.2) is 66.9 Å². The Morgan fingerprint density at radius 2 is 1.79 bits per heavy atom. The van der Waals surface area contributed by atoms with Crippen LogP contribution in [0.5, 0.6) is 0 Å². The molecule has 2 aliphatic rings. The topological polar surface area (TPSA) is 89.6 Å². The van der Waals surface area contributed by atoms with E-state index in [-0.39, 0.29) is 18.0 Å². The zero-order chi connectivity index (χ0) is 29.5. The third-order valence-corrected chi connectivity index (χ3v) is 9.19. The maximum absolute atomic E-state index is 13.7. The van der Waals surface area contributed by atoms with E-state index in [2.05, 4.69) is 45.5 Å². The number of aryl methyl sites for hydroxylation is 1. The number of carboxylic acid groups (broad SMARTS) is 1. The second-order valence-corrected chi connectivity index (χ2v) is 11.8. The number of carbonyl (C=O) groups excluding carboxylic acids is 1. The number of pyridine rings is 1. The summed E-state index contributed by atoms with van der Waals surface area (Å²) in [6.07, 6.45) is 7.75. The van der Waals surface area contributed by atoms with Gasteiger partial charge in [0, 0.05) is 37.1 Å². The third kappa shape index (κ3) is 5.10. The molecule has 2 aromatic carbocycles. The van der Waals surface area contributed by atoms with E-state index in [0.29, 0.717) is 32.2 Å². The highest BCUT2D eigenvalue weighted by Crippen LogP contribution is 2.45. The largest absolute Gasteiger partial charge is 0.478 e. The second kappa shape index (κ2) is 11.3. The summed E-state index contributed by atoms with van der Waals surface area (Å²) >= 11 is 0. The van der Waals surface area contributed by atoms with Crippen molar-refractivity contribution in [2.45, 2.75) is 44.6 Å². The van der Waals surface area contributed by atoms with E-state index >= 15 is 0 Å². The molecule has 220 valence electrons. The SMILES string of the molecule is Cn1cccc1-c1ccc2cc(-c3c(C4CCCCC4)c4ccc(C(=O)O)cc4n3CC(=O)N3CCOCC3)ccc2n1. The molecule has 1 aliphatic carbocycles. The van der Waals surface area contributed by atoms with Gasteiger partial charge in [0.25, 0.3) is 0 Å². The Morgan fingerprint density at radius 3 is 2.53 bits per heavy atom. The molecule has 5 aromatic rings. The maximum Gasteiger partial charge on any atom is 0.335 e. The molecule has 4 heterocycles. The summed E-state index contributed by atoms with van der Waals surface area (Å²) in [4.78, 5) is 32.6. The molecule has 0 atom stereocenters. The lowest BCUT2D eigenvalue weighted by molar-refractivity contribution is -0.135. The predicted molar refractivity (Wildman–Crippen MR) is 167 cm³/mol. The predicted octanol–water partition coefficient (Wildman–Crippen LogP) is 6.47. The minimum absolute atomic E-state index is 0.0204. The van der Waals surface area contributed by atoms with Crippen molar-refractivity contribution in [3.8, 4) is 22.6 Å². The molecular weight excluding hydrogens is 540 g/mol. The number of rotatable bonds is 6. The summed E-state index contributed by atoms with van der Waals surface area (Å²) in [5.74, 6) is -0.608. The van der Waals surface area contributed by atoms with E-state index in [0.717, 1.165) is 57.3 Å². The Labute approximate surface area is 250 Å². The molecule has 0 spiro atoms. The summed E-state index contributed by atoms with van der Waals surface area (Å²) in [5.41, 5.74) is 7.17. The molecule has 8 nitrogen and oxygen atoms in total. The maximum atomic E-state index is 13.7. The average molecular weight is 577 g/mol. The first-order valence-corrected chi connectivity index (χ1v) is 15.3. The normalized spacial score (nSPS) is 16.3. The van der Waals surface area contributed by atoms with Crippen LogP contribution in [0.25, 0.3) is 44.5 Å². The Kier molecular flexibility index (Phi) is 7.23. The van der Waals surface area contributed by atoms with Crippen molar-refractivity contribution in [2.24, 2.45) is 7.05 Å². The van der Waals surface area contributed by atoms with Crippen molar-refractivity contribution in [3.63, 3.8) is 0 Å². The molecule has 1 N–H and O–H groups in total. The van der Waals surface area contributed by atoms with Crippen LogP contribution in [-0.4, -0.2) is 62.3 Å². The standard InChI is InChI=1S/C35H36N4O4/c1-37-15-5-8-30(37)29-14-10-24-20-25(11-13-28(24)36-29)34-33(23-6-3-2-4-7-23)27-12-9-26(35(41)42)21-31(27)39(34)22-32(40)38-16-18-43-19-17-38/h5,8-15,20-21,23H,2-4,6-7,16-19,22H2,1H3,(H,41,42). The van der Waals surface area contributed by atoms with Gasteiger partial charge in [-0.15, -0.1) is 0 Å². The van der Waals surface area contributed by atoms with Gasteiger partial charge in [0.1, 0.15) is 6.54 Å². The van der Waals surface area contributed by atoms with Crippen molar-refractivity contribution in [2.75, 3.05) is 26.3 Å². The van der Waals surface area contributed by atoms with Crippen LogP contribution in [0, 0.1) is 0 Å². The van der Waals surface area contributed by atoms with Gasteiger partial charge in [0.05, 0.1) is 46.9 Å². The van der Waals surface area contributed by atoms with Gasteiger partial charge < -0.3 is 23.9 Å². The first kappa shape index (κ1) is 27.4. The lowest BCUT2D eigenvalue weighted by atomic mass is 9.81. The number of hydrogen-bond donors (Lipinski definition) is 1. The number of aromatic nitrogens is 3. The molecule has 7 rings (SSSR count). The summed E-state index contributed by atoms with van der Waals surface area (Å²) in [7, 11) is 2.02. The minimum Gasteiger partial charge on any atom is -0.478 e. The van der Waals surface area contributed by atoms with Gasteiger partial charge in [0.2, 0.25) is 5.91 Å². The molecule has 1 amide bonds. The molecule has 3 aromatic heterocycles. The number of morpholine rings is 1. The monoisotopic (exact) mass is 576 g/mol. The van der Waals surface area contributed by atoms with E-state index in [1.165, 1.54) is 24.8 Å². The lowest BCUT2D eigenvalue weighted by Crippen LogP contribution is -2.42. The van der Waals surface area contributed by atoms with Crippen molar-refractivity contribution in [3.05, 3.63) is 78.0 Å². The fourth-order valence-corrected chi connectivity index (χ4v) is 6.98. The second-order valence-electron chi connectivity index (χ2n) is 11.8. The minimum atomic E-state index is -0.972. The number of ether oxygens (including phenoxy) is 1. The quantitative estimate of drug-likeness (QED) is 0.250. The average Bonchev–Trinajstić information content (AvgIpc) is 3.62. The van der Waals surface area contributed by atoms with Crippen LogP contribution >= 0.6 is 0 Å².